The number of fused-ring (bicyclic) bond motifs is 1. The van der Waals surface area contributed by atoms with Crippen molar-refractivity contribution in [1.29, 1.82) is 0 Å². The van der Waals surface area contributed by atoms with Crippen molar-refractivity contribution >= 4 is 44.7 Å². The van der Waals surface area contributed by atoms with Gasteiger partial charge in [-0.15, -0.1) is 0 Å². The molecule has 0 aliphatic carbocycles. The average Bonchev–Trinajstić information content (AvgIpc) is 2.69. The van der Waals surface area contributed by atoms with Gasteiger partial charge in [0, 0.05) is 5.39 Å². The lowest BCUT2D eigenvalue weighted by atomic mass is 10.1. The second-order valence-corrected chi connectivity index (χ2v) is 8.17. The number of aldehydes is 1. The fourth-order valence-corrected chi connectivity index (χ4v) is 4.31. The number of carbonyl (C=O) groups excluding carboxylic acids is 1. The van der Waals surface area contributed by atoms with Crippen LogP contribution < -0.4 is 9.46 Å². The van der Waals surface area contributed by atoms with E-state index in [9.17, 15) is 18.0 Å². The van der Waals surface area contributed by atoms with Gasteiger partial charge in [0.05, 0.1) is 17.5 Å². The molecule has 29 heavy (non-hydrogen) atoms. The Morgan fingerprint density at radius 1 is 1.07 bits per heavy atom. The molecule has 0 amide bonds. The van der Waals surface area contributed by atoms with E-state index >= 15 is 0 Å². The first-order chi connectivity index (χ1) is 13.8. The number of sulfonamides is 1. The summed E-state index contributed by atoms with van der Waals surface area (Å²) in [5.41, 5.74) is 0. The molecule has 7 nitrogen and oxygen atoms in total. The molecule has 9 heteroatoms. The van der Waals surface area contributed by atoms with Gasteiger partial charge >= 0.3 is 5.97 Å². The van der Waals surface area contributed by atoms with Crippen LogP contribution in [0, 0.1) is 0 Å². The van der Waals surface area contributed by atoms with Gasteiger partial charge in [0.1, 0.15) is 22.7 Å². The highest BCUT2D eigenvalue weighted by molar-refractivity contribution is 7.89. The average molecular weight is 434 g/mol. The maximum Gasteiger partial charge on any atom is 0.305 e. The number of nitrogens with one attached hydrogen (secondary N) is 1. The molecule has 0 bridgehead atoms. The van der Waals surface area contributed by atoms with Crippen LogP contribution in [0.25, 0.3) is 10.8 Å². The number of halogens is 1. The van der Waals surface area contributed by atoms with E-state index in [4.69, 9.17) is 21.4 Å². The number of para-hydroxylation sites is 1. The third-order valence-corrected chi connectivity index (χ3v) is 5.97. The first-order valence-electron chi connectivity index (χ1n) is 8.45. The lowest BCUT2D eigenvalue weighted by Gasteiger charge is -2.16. The Balaban J connectivity index is 1.96. The number of hydrogen-bond donors (Lipinski definition) is 2. The molecule has 0 radical (unpaired) electrons. The summed E-state index contributed by atoms with van der Waals surface area (Å²) in [5.74, 6) is -1.07. The number of hydrogen-bond acceptors (Lipinski definition) is 5. The van der Waals surface area contributed by atoms with Crippen molar-refractivity contribution in [2.75, 3.05) is 0 Å². The number of rotatable bonds is 8. The monoisotopic (exact) mass is 433 g/mol. The van der Waals surface area contributed by atoms with Crippen molar-refractivity contribution in [3.05, 3.63) is 65.7 Å². The Bertz CT molecular complexity index is 1180. The molecule has 0 aromatic heterocycles. The van der Waals surface area contributed by atoms with Crippen LogP contribution >= 0.6 is 11.6 Å². The minimum atomic E-state index is -4.24. The molecule has 0 aliphatic heterocycles. The fraction of sp³-hybridized carbons (Fsp3) is 0.100. The van der Waals surface area contributed by atoms with Crippen molar-refractivity contribution in [1.82, 2.24) is 4.72 Å². The minimum absolute atomic E-state index is 0.0165. The number of carboxylic acid groups (broad SMARTS) is 1. The van der Waals surface area contributed by atoms with Crippen molar-refractivity contribution in [2.45, 2.75) is 17.4 Å². The fourth-order valence-electron chi connectivity index (χ4n) is 2.74. The van der Waals surface area contributed by atoms with Crippen LogP contribution in [-0.4, -0.2) is 31.8 Å². The van der Waals surface area contributed by atoms with E-state index in [0.717, 1.165) is 10.8 Å². The standard InChI is InChI=1S/C20H16ClNO6S/c21-20-15-6-2-1-5-13(15)9-10-17(20)28-16-7-3-4-8-18(16)29(26,27)22-14(12-23)11-19(24)25/h1-10,12,14,22H,11H2,(H,24,25). The van der Waals surface area contributed by atoms with E-state index in [1.54, 1.807) is 18.2 Å². The summed E-state index contributed by atoms with van der Waals surface area (Å²) in [7, 11) is -4.24. The van der Waals surface area contributed by atoms with Crippen LogP contribution in [0.5, 0.6) is 11.5 Å². The first kappa shape index (κ1) is 20.8. The molecule has 3 aromatic rings. The summed E-state index contributed by atoms with van der Waals surface area (Å²) < 4.78 is 33.3. The smallest absolute Gasteiger partial charge is 0.305 e. The summed E-state index contributed by atoms with van der Waals surface area (Å²) in [6, 6.07) is 15.2. The van der Waals surface area contributed by atoms with Gasteiger partial charge in [0.15, 0.2) is 0 Å². The highest BCUT2D eigenvalue weighted by Gasteiger charge is 2.25. The topological polar surface area (TPSA) is 110 Å². The molecular weight excluding hydrogens is 418 g/mol. The number of aliphatic carboxylic acids is 1. The number of carboxylic acids is 1. The Kier molecular flexibility index (Phi) is 6.17. The molecule has 0 fully saturated rings. The van der Waals surface area contributed by atoms with E-state index in [0.29, 0.717) is 5.02 Å². The van der Waals surface area contributed by atoms with Gasteiger partial charge in [-0.2, -0.15) is 0 Å². The zero-order valence-electron chi connectivity index (χ0n) is 14.9. The van der Waals surface area contributed by atoms with E-state index in [-0.39, 0.29) is 22.7 Å². The number of benzene rings is 3. The quantitative estimate of drug-likeness (QED) is 0.525. The number of ether oxygens (including phenoxy) is 1. The highest BCUT2D eigenvalue weighted by Crippen LogP contribution is 2.37. The third-order valence-electron chi connectivity index (χ3n) is 4.05. The van der Waals surface area contributed by atoms with Crippen LogP contribution in [0.2, 0.25) is 5.02 Å². The van der Waals surface area contributed by atoms with Gasteiger partial charge < -0.3 is 14.6 Å². The predicted octanol–water partition coefficient (Wildman–Crippen LogP) is 3.61. The molecule has 0 saturated heterocycles. The van der Waals surface area contributed by atoms with Crippen LogP contribution in [0.3, 0.4) is 0 Å². The summed E-state index contributed by atoms with van der Waals surface area (Å²) in [5, 5.41) is 10.8. The van der Waals surface area contributed by atoms with Gasteiger partial charge in [0.2, 0.25) is 10.0 Å². The van der Waals surface area contributed by atoms with Crippen molar-refractivity contribution in [3.8, 4) is 11.5 Å². The van der Waals surface area contributed by atoms with Crippen molar-refractivity contribution < 1.29 is 27.9 Å². The van der Waals surface area contributed by atoms with Crippen LogP contribution in [0.1, 0.15) is 6.42 Å². The molecule has 1 atom stereocenters. The summed E-state index contributed by atoms with van der Waals surface area (Å²) in [6.07, 6.45) is -0.447. The Morgan fingerprint density at radius 2 is 1.76 bits per heavy atom. The Labute approximate surface area is 171 Å². The summed E-state index contributed by atoms with van der Waals surface area (Å²) in [4.78, 5) is 21.6. The third kappa shape index (κ3) is 4.73. The van der Waals surface area contributed by atoms with Gasteiger partial charge in [-0.05, 0) is 23.6 Å². The van der Waals surface area contributed by atoms with Gasteiger partial charge in [-0.3, -0.25) is 4.79 Å². The molecule has 2 N–H and O–H groups in total. The molecule has 1 unspecified atom stereocenters. The van der Waals surface area contributed by atoms with E-state index in [1.807, 2.05) is 24.3 Å². The number of carbonyl (C=O) groups is 2. The van der Waals surface area contributed by atoms with E-state index in [2.05, 4.69) is 4.72 Å². The Morgan fingerprint density at radius 3 is 2.48 bits per heavy atom. The summed E-state index contributed by atoms with van der Waals surface area (Å²) in [6.45, 7) is 0. The molecule has 3 rings (SSSR count). The van der Waals surface area contributed by atoms with Gasteiger partial charge in [-0.1, -0.05) is 54.1 Å². The molecule has 150 valence electrons. The SMILES string of the molecule is O=CC(CC(=O)O)NS(=O)(=O)c1ccccc1Oc1ccc2ccccc2c1Cl. The second kappa shape index (κ2) is 8.60. The Hall–Kier alpha value is -2.94. The molecule has 3 aromatic carbocycles. The maximum absolute atomic E-state index is 12.7. The zero-order chi connectivity index (χ0) is 21.0. The minimum Gasteiger partial charge on any atom is -0.481 e. The zero-order valence-corrected chi connectivity index (χ0v) is 16.5. The van der Waals surface area contributed by atoms with Gasteiger partial charge in [0.25, 0.3) is 0 Å². The highest BCUT2D eigenvalue weighted by atomic mass is 35.5. The lowest BCUT2D eigenvalue weighted by molar-refractivity contribution is -0.138. The van der Waals surface area contributed by atoms with Crippen molar-refractivity contribution in [2.24, 2.45) is 0 Å². The summed E-state index contributed by atoms with van der Waals surface area (Å²) >= 11 is 6.42. The molecule has 0 saturated carbocycles. The molecule has 0 spiro atoms. The lowest BCUT2D eigenvalue weighted by Crippen LogP contribution is -2.37. The van der Waals surface area contributed by atoms with Gasteiger partial charge in [-0.25, -0.2) is 13.1 Å². The second-order valence-electron chi connectivity index (χ2n) is 6.11. The molecular formula is C20H16ClNO6S. The van der Waals surface area contributed by atoms with Crippen LogP contribution in [0.4, 0.5) is 0 Å². The molecule has 0 aliphatic rings. The van der Waals surface area contributed by atoms with Crippen LogP contribution in [-0.2, 0) is 19.6 Å². The maximum atomic E-state index is 12.7. The molecule has 0 heterocycles. The normalized spacial score (nSPS) is 12.4. The van der Waals surface area contributed by atoms with Crippen LogP contribution in [0.15, 0.2) is 65.6 Å². The van der Waals surface area contributed by atoms with Crippen molar-refractivity contribution in [3.63, 3.8) is 0 Å². The largest absolute Gasteiger partial charge is 0.481 e. The van der Waals surface area contributed by atoms with E-state index in [1.165, 1.54) is 18.2 Å². The predicted molar refractivity (Wildman–Crippen MR) is 108 cm³/mol. The first-order valence-corrected chi connectivity index (χ1v) is 10.3. The van der Waals surface area contributed by atoms with E-state index < -0.39 is 28.5 Å².